The van der Waals surface area contributed by atoms with E-state index >= 15 is 0 Å². The number of hydrogen-bond acceptors (Lipinski definition) is 10. The highest BCUT2D eigenvalue weighted by Gasteiger charge is 2.34. The normalized spacial score (nSPS) is 12.7. The van der Waals surface area contributed by atoms with Crippen molar-refractivity contribution in [2.45, 2.75) is 19.3 Å². The molecule has 3 amide bonds. The molecule has 1 heterocycles. The minimum absolute atomic E-state index is 0.0168. The molecule has 2 rings (SSSR count). The number of ether oxygens (including phenoxy) is 6. The van der Waals surface area contributed by atoms with Gasteiger partial charge in [-0.1, -0.05) is 12.1 Å². The SMILES string of the molecule is O=C(O)CCC(=O)NCCCOCCOCCOCCOCCOCCOCCN1C(=O)c2ccccc2C1=O. The molecule has 0 bridgehead atoms. The van der Waals surface area contributed by atoms with Crippen molar-refractivity contribution in [3.63, 3.8) is 0 Å². The first-order valence-corrected chi connectivity index (χ1v) is 13.4. The van der Waals surface area contributed by atoms with E-state index in [-0.39, 0.29) is 43.7 Å². The van der Waals surface area contributed by atoms with Gasteiger partial charge in [-0.05, 0) is 18.6 Å². The van der Waals surface area contributed by atoms with Gasteiger partial charge < -0.3 is 38.8 Å². The number of carbonyl (C=O) groups excluding carboxylic acids is 3. The van der Waals surface area contributed by atoms with Crippen LogP contribution in [0.4, 0.5) is 0 Å². The summed E-state index contributed by atoms with van der Waals surface area (Å²) in [4.78, 5) is 47.4. The Kier molecular flexibility index (Phi) is 17.4. The summed E-state index contributed by atoms with van der Waals surface area (Å²) in [6.07, 6.45) is 0.455. The largest absolute Gasteiger partial charge is 0.481 e. The Morgan fingerprint density at radius 1 is 0.650 bits per heavy atom. The van der Waals surface area contributed by atoms with Gasteiger partial charge in [-0.15, -0.1) is 0 Å². The Morgan fingerprint density at radius 2 is 1.07 bits per heavy atom. The van der Waals surface area contributed by atoms with E-state index in [1.807, 2.05) is 0 Å². The molecule has 0 spiro atoms. The molecule has 0 saturated heterocycles. The molecule has 1 aliphatic rings. The van der Waals surface area contributed by atoms with E-state index in [9.17, 15) is 19.2 Å². The quantitative estimate of drug-likeness (QED) is 0.127. The highest BCUT2D eigenvalue weighted by molar-refractivity contribution is 6.21. The fourth-order valence-corrected chi connectivity index (χ4v) is 3.51. The summed E-state index contributed by atoms with van der Waals surface area (Å²) >= 11 is 0. The van der Waals surface area contributed by atoms with Gasteiger partial charge >= 0.3 is 5.97 Å². The highest BCUT2D eigenvalue weighted by Crippen LogP contribution is 2.21. The monoisotopic (exact) mass is 568 g/mol. The Balaban J connectivity index is 1.25. The molecular weight excluding hydrogens is 528 g/mol. The number of benzene rings is 1. The van der Waals surface area contributed by atoms with Gasteiger partial charge in [-0.2, -0.15) is 0 Å². The first-order chi connectivity index (χ1) is 19.5. The van der Waals surface area contributed by atoms with Gasteiger partial charge in [0, 0.05) is 19.6 Å². The lowest BCUT2D eigenvalue weighted by molar-refractivity contribution is -0.138. The van der Waals surface area contributed by atoms with E-state index in [0.29, 0.717) is 96.8 Å². The summed E-state index contributed by atoms with van der Waals surface area (Å²) in [5.74, 6) is -1.84. The first-order valence-electron chi connectivity index (χ1n) is 13.4. The number of rotatable bonds is 25. The van der Waals surface area contributed by atoms with Crippen molar-refractivity contribution in [2.75, 3.05) is 92.4 Å². The maximum absolute atomic E-state index is 12.3. The average molecular weight is 569 g/mol. The van der Waals surface area contributed by atoms with E-state index in [4.69, 9.17) is 33.5 Å². The topological polar surface area (TPSA) is 159 Å². The number of carboxylic acids is 1. The molecule has 40 heavy (non-hydrogen) atoms. The Hall–Kier alpha value is -2.94. The van der Waals surface area contributed by atoms with E-state index in [1.165, 1.54) is 4.90 Å². The van der Waals surface area contributed by atoms with Crippen LogP contribution >= 0.6 is 0 Å². The maximum atomic E-state index is 12.3. The zero-order valence-corrected chi connectivity index (χ0v) is 22.8. The summed E-state index contributed by atoms with van der Waals surface area (Å²) in [5.41, 5.74) is 0.867. The number of amides is 3. The number of nitrogens with one attached hydrogen (secondary N) is 1. The van der Waals surface area contributed by atoms with E-state index in [1.54, 1.807) is 24.3 Å². The van der Waals surface area contributed by atoms with Crippen LogP contribution in [0.5, 0.6) is 0 Å². The Morgan fingerprint density at radius 3 is 1.52 bits per heavy atom. The van der Waals surface area contributed by atoms with Crippen LogP contribution in [0.25, 0.3) is 0 Å². The molecule has 2 N–H and O–H groups in total. The van der Waals surface area contributed by atoms with Crippen molar-refractivity contribution in [1.29, 1.82) is 0 Å². The number of hydrogen-bond donors (Lipinski definition) is 2. The molecular formula is C27H40N2O11. The standard InChI is InChI=1S/C27H40N2O11/c30-24(6-7-25(31)32)28-8-3-10-35-12-14-37-16-18-39-20-21-40-19-17-38-15-13-36-11-9-29-26(33)22-4-1-2-5-23(22)27(29)34/h1-2,4-5H,3,6-21H2,(H,28,30)(H,31,32). The fraction of sp³-hybridized carbons (Fsp3) is 0.630. The zero-order valence-electron chi connectivity index (χ0n) is 22.8. The lowest BCUT2D eigenvalue weighted by Crippen LogP contribution is -2.33. The maximum Gasteiger partial charge on any atom is 0.303 e. The van der Waals surface area contributed by atoms with Crippen LogP contribution in [0.3, 0.4) is 0 Å². The van der Waals surface area contributed by atoms with Gasteiger partial charge in [0.25, 0.3) is 11.8 Å². The first kappa shape index (κ1) is 33.3. The number of nitrogens with zero attached hydrogens (tertiary/aromatic N) is 1. The van der Waals surface area contributed by atoms with Crippen LogP contribution in [-0.4, -0.2) is 126 Å². The summed E-state index contributed by atoms with van der Waals surface area (Å²) in [6, 6.07) is 6.78. The summed E-state index contributed by atoms with van der Waals surface area (Å²) in [5, 5.41) is 11.1. The molecule has 0 saturated carbocycles. The Labute approximate surface area is 234 Å². The Bertz CT molecular complexity index is 877. The molecule has 0 radical (unpaired) electrons. The second-order valence-electron chi connectivity index (χ2n) is 8.58. The number of imide groups is 1. The summed E-state index contributed by atoms with van der Waals surface area (Å²) in [7, 11) is 0. The van der Waals surface area contributed by atoms with Crippen molar-refractivity contribution in [3.05, 3.63) is 35.4 Å². The van der Waals surface area contributed by atoms with Crippen LogP contribution in [0.2, 0.25) is 0 Å². The van der Waals surface area contributed by atoms with E-state index < -0.39 is 5.97 Å². The van der Waals surface area contributed by atoms with E-state index in [0.717, 1.165) is 0 Å². The molecule has 224 valence electrons. The molecule has 0 aromatic heterocycles. The van der Waals surface area contributed by atoms with Gasteiger partial charge in [0.2, 0.25) is 5.91 Å². The number of carbonyl (C=O) groups is 4. The van der Waals surface area contributed by atoms with Crippen molar-refractivity contribution in [3.8, 4) is 0 Å². The number of carboxylic acid groups (broad SMARTS) is 1. The third-order valence-electron chi connectivity index (χ3n) is 5.55. The lowest BCUT2D eigenvalue weighted by Gasteiger charge is -2.13. The average Bonchev–Trinajstić information content (AvgIpc) is 3.19. The minimum atomic E-state index is -0.989. The second kappa shape index (κ2) is 20.9. The molecule has 1 aromatic carbocycles. The second-order valence-corrected chi connectivity index (χ2v) is 8.58. The van der Waals surface area contributed by atoms with Gasteiger partial charge in [0.15, 0.2) is 0 Å². The van der Waals surface area contributed by atoms with Gasteiger partial charge in [-0.25, -0.2) is 0 Å². The highest BCUT2D eigenvalue weighted by atomic mass is 16.6. The van der Waals surface area contributed by atoms with Gasteiger partial charge in [-0.3, -0.25) is 24.1 Å². The zero-order chi connectivity index (χ0) is 28.8. The number of aliphatic carboxylic acids is 1. The number of fused-ring (bicyclic) bond motifs is 1. The van der Waals surface area contributed by atoms with Crippen LogP contribution < -0.4 is 5.32 Å². The van der Waals surface area contributed by atoms with Crippen LogP contribution in [0, 0.1) is 0 Å². The third kappa shape index (κ3) is 13.9. The molecule has 13 heteroatoms. The van der Waals surface area contributed by atoms with Crippen molar-refractivity contribution < 1.29 is 52.7 Å². The molecule has 1 aromatic rings. The lowest BCUT2D eigenvalue weighted by atomic mass is 10.1. The van der Waals surface area contributed by atoms with Gasteiger partial charge in [0.1, 0.15) is 0 Å². The van der Waals surface area contributed by atoms with Crippen LogP contribution in [0.1, 0.15) is 40.0 Å². The van der Waals surface area contributed by atoms with Crippen LogP contribution in [0.15, 0.2) is 24.3 Å². The predicted molar refractivity (Wildman–Crippen MR) is 141 cm³/mol. The third-order valence-corrected chi connectivity index (χ3v) is 5.55. The molecule has 1 aliphatic heterocycles. The smallest absolute Gasteiger partial charge is 0.303 e. The molecule has 0 aliphatic carbocycles. The fourth-order valence-electron chi connectivity index (χ4n) is 3.51. The minimum Gasteiger partial charge on any atom is -0.481 e. The van der Waals surface area contributed by atoms with Crippen molar-refractivity contribution >= 4 is 23.7 Å². The van der Waals surface area contributed by atoms with Crippen LogP contribution in [-0.2, 0) is 38.0 Å². The summed E-state index contributed by atoms with van der Waals surface area (Å²) in [6.45, 7) is 5.61. The molecule has 0 unspecified atom stereocenters. The predicted octanol–water partition coefficient (Wildman–Crippen LogP) is 0.753. The molecule has 0 fully saturated rings. The van der Waals surface area contributed by atoms with Gasteiger partial charge in [0.05, 0.1) is 96.8 Å². The molecule has 13 nitrogen and oxygen atoms in total. The van der Waals surface area contributed by atoms with Crippen molar-refractivity contribution in [1.82, 2.24) is 10.2 Å². The molecule has 0 atom stereocenters. The summed E-state index contributed by atoms with van der Waals surface area (Å²) < 4.78 is 32.5. The van der Waals surface area contributed by atoms with Crippen molar-refractivity contribution in [2.24, 2.45) is 0 Å². The van der Waals surface area contributed by atoms with E-state index in [2.05, 4.69) is 5.32 Å².